The normalized spacial score (nSPS) is 24.0. The molecule has 0 aliphatic carbocycles. The predicted octanol–water partition coefficient (Wildman–Crippen LogP) is -1.95. The molecule has 3 unspecified atom stereocenters. The Morgan fingerprint density at radius 2 is 1.68 bits per heavy atom. The summed E-state index contributed by atoms with van der Waals surface area (Å²) in [7, 11) is 0. The van der Waals surface area contributed by atoms with Crippen LogP contribution in [0.15, 0.2) is 0 Å². The fourth-order valence-electron chi connectivity index (χ4n) is 1.70. The van der Waals surface area contributed by atoms with E-state index in [4.69, 9.17) is 10.2 Å². The molecular weight excluding hydrogens is 260 g/mol. The highest BCUT2D eigenvalue weighted by Gasteiger charge is 2.34. The quantitative estimate of drug-likeness (QED) is 0.392. The highest BCUT2D eigenvalue weighted by Crippen LogP contribution is 2.10. The van der Waals surface area contributed by atoms with Gasteiger partial charge >= 0.3 is 18.0 Å². The van der Waals surface area contributed by atoms with E-state index in [0.717, 1.165) is 4.90 Å². The van der Waals surface area contributed by atoms with Crippen LogP contribution in [-0.2, 0) is 9.59 Å². The number of nitrogens with zero attached hydrogens (tertiary/aromatic N) is 1. The summed E-state index contributed by atoms with van der Waals surface area (Å²) >= 11 is 0. The van der Waals surface area contributed by atoms with Gasteiger partial charge < -0.3 is 30.6 Å². The molecule has 0 aromatic rings. The number of hydrogen-bond donors (Lipinski definition) is 5. The first-order valence-electron chi connectivity index (χ1n) is 5.67. The SMILES string of the molecule is O=C(O)CCC(NC(=O)N1CC(O)C(O)C1)C(=O)O. The largest absolute Gasteiger partial charge is 0.481 e. The van der Waals surface area contributed by atoms with Crippen molar-refractivity contribution in [2.24, 2.45) is 0 Å². The molecular formula is C10H16N2O7. The number of nitrogens with one attached hydrogen (secondary N) is 1. The number of likely N-dealkylation sites (tertiary alicyclic amines) is 1. The third kappa shape index (κ3) is 4.38. The molecule has 1 aliphatic rings. The second-order valence-electron chi connectivity index (χ2n) is 4.31. The molecule has 1 heterocycles. The first-order chi connectivity index (χ1) is 8.81. The molecule has 9 heteroatoms. The van der Waals surface area contributed by atoms with Gasteiger partial charge in [0.2, 0.25) is 0 Å². The van der Waals surface area contributed by atoms with Crippen LogP contribution in [-0.4, -0.2) is 74.6 Å². The van der Waals surface area contributed by atoms with Gasteiger partial charge in [-0.25, -0.2) is 9.59 Å². The van der Waals surface area contributed by atoms with Crippen LogP contribution in [0, 0.1) is 0 Å². The standard InChI is InChI=1S/C10H16N2O7/c13-6-3-12(4-7(6)14)10(19)11-5(9(17)18)1-2-8(15)16/h5-7,13-14H,1-4H2,(H,11,19)(H,15,16)(H,17,18). The minimum absolute atomic E-state index is 0.0989. The maximum absolute atomic E-state index is 11.7. The van der Waals surface area contributed by atoms with Crippen molar-refractivity contribution in [3.05, 3.63) is 0 Å². The molecule has 1 aliphatic heterocycles. The minimum Gasteiger partial charge on any atom is -0.481 e. The number of urea groups is 1. The van der Waals surface area contributed by atoms with Crippen molar-refractivity contribution >= 4 is 18.0 Å². The topological polar surface area (TPSA) is 147 Å². The number of β-amino-alcohol motifs (C(OH)–C–C–N with tert-alkyl or cyclic N) is 2. The van der Waals surface area contributed by atoms with E-state index < -0.39 is 36.2 Å². The Hall–Kier alpha value is -1.87. The van der Waals surface area contributed by atoms with Gasteiger partial charge in [0, 0.05) is 6.42 Å². The highest BCUT2D eigenvalue weighted by molar-refractivity contribution is 5.83. The van der Waals surface area contributed by atoms with E-state index in [1.807, 2.05) is 0 Å². The van der Waals surface area contributed by atoms with Gasteiger partial charge in [-0.2, -0.15) is 0 Å². The highest BCUT2D eigenvalue weighted by atomic mass is 16.4. The number of carboxylic acids is 2. The number of rotatable bonds is 5. The smallest absolute Gasteiger partial charge is 0.326 e. The van der Waals surface area contributed by atoms with Crippen LogP contribution >= 0.6 is 0 Å². The Morgan fingerprint density at radius 3 is 2.11 bits per heavy atom. The summed E-state index contributed by atoms with van der Waals surface area (Å²) in [6.45, 7) is -0.198. The monoisotopic (exact) mass is 276 g/mol. The lowest BCUT2D eigenvalue weighted by atomic mass is 10.1. The molecule has 1 fully saturated rings. The van der Waals surface area contributed by atoms with Gasteiger partial charge in [-0.3, -0.25) is 4.79 Å². The fraction of sp³-hybridized carbons (Fsp3) is 0.700. The molecule has 5 N–H and O–H groups in total. The zero-order valence-corrected chi connectivity index (χ0v) is 10.0. The molecule has 108 valence electrons. The Kier molecular flexibility index (Phi) is 5.07. The van der Waals surface area contributed by atoms with E-state index in [1.165, 1.54) is 0 Å². The van der Waals surface area contributed by atoms with Crippen LogP contribution in [0.25, 0.3) is 0 Å². The Bertz CT molecular complexity index is 363. The molecule has 1 saturated heterocycles. The molecule has 2 amide bonds. The van der Waals surface area contributed by atoms with Crippen molar-refractivity contribution in [3.8, 4) is 0 Å². The molecule has 0 aromatic carbocycles. The van der Waals surface area contributed by atoms with Crippen molar-refractivity contribution in [1.29, 1.82) is 0 Å². The number of carbonyl (C=O) groups is 3. The first kappa shape index (κ1) is 15.2. The van der Waals surface area contributed by atoms with E-state index in [-0.39, 0.29) is 25.9 Å². The third-order valence-corrected chi connectivity index (χ3v) is 2.79. The van der Waals surface area contributed by atoms with Gasteiger partial charge in [-0.05, 0) is 6.42 Å². The molecule has 0 spiro atoms. The van der Waals surface area contributed by atoms with Crippen molar-refractivity contribution in [1.82, 2.24) is 10.2 Å². The number of amides is 2. The lowest BCUT2D eigenvalue weighted by molar-refractivity contribution is -0.140. The third-order valence-electron chi connectivity index (χ3n) is 2.79. The van der Waals surface area contributed by atoms with E-state index in [0.29, 0.717) is 0 Å². The zero-order valence-electron chi connectivity index (χ0n) is 10.0. The Labute approximate surface area is 108 Å². The average Bonchev–Trinajstić information content (AvgIpc) is 2.64. The van der Waals surface area contributed by atoms with Crippen molar-refractivity contribution in [2.45, 2.75) is 31.1 Å². The number of hydrogen-bond acceptors (Lipinski definition) is 5. The summed E-state index contributed by atoms with van der Waals surface area (Å²) in [6.07, 6.45) is -2.75. The lowest BCUT2D eigenvalue weighted by Gasteiger charge is -2.20. The van der Waals surface area contributed by atoms with Crippen LogP contribution in [0.2, 0.25) is 0 Å². The molecule has 1 rings (SSSR count). The van der Waals surface area contributed by atoms with Gasteiger partial charge in [0.25, 0.3) is 0 Å². The van der Waals surface area contributed by atoms with Crippen LogP contribution in [0.1, 0.15) is 12.8 Å². The first-order valence-corrected chi connectivity index (χ1v) is 5.67. The summed E-state index contributed by atoms with van der Waals surface area (Å²) in [5.41, 5.74) is 0. The van der Waals surface area contributed by atoms with Gasteiger partial charge in [-0.15, -0.1) is 0 Å². The Morgan fingerprint density at radius 1 is 1.16 bits per heavy atom. The van der Waals surface area contributed by atoms with E-state index >= 15 is 0 Å². The van der Waals surface area contributed by atoms with Crippen LogP contribution in [0.5, 0.6) is 0 Å². The van der Waals surface area contributed by atoms with Crippen molar-refractivity contribution in [2.75, 3.05) is 13.1 Å². The molecule has 0 saturated carbocycles. The molecule has 9 nitrogen and oxygen atoms in total. The van der Waals surface area contributed by atoms with Crippen LogP contribution in [0.4, 0.5) is 4.79 Å². The van der Waals surface area contributed by atoms with E-state index in [2.05, 4.69) is 5.32 Å². The molecule has 0 radical (unpaired) electrons. The number of aliphatic carboxylic acids is 2. The molecule has 3 atom stereocenters. The van der Waals surface area contributed by atoms with Crippen LogP contribution in [0.3, 0.4) is 0 Å². The number of aliphatic hydroxyl groups excluding tert-OH is 2. The second kappa shape index (κ2) is 6.34. The van der Waals surface area contributed by atoms with Crippen molar-refractivity contribution < 1.29 is 34.8 Å². The fourth-order valence-corrected chi connectivity index (χ4v) is 1.70. The molecule has 0 aromatic heterocycles. The summed E-state index contributed by atoms with van der Waals surface area (Å²) in [4.78, 5) is 34.0. The minimum atomic E-state index is -1.34. The average molecular weight is 276 g/mol. The number of carbonyl (C=O) groups excluding carboxylic acids is 1. The Balaban J connectivity index is 2.52. The summed E-state index contributed by atoms with van der Waals surface area (Å²) in [5.74, 6) is -2.50. The lowest BCUT2D eigenvalue weighted by Crippen LogP contribution is -2.47. The maximum Gasteiger partial charge on any atom is 0.326 e. The number of carboxylic acid groups (broad SMARTS) is 2. The predicted molar refractivity (Wildman–Crippen MR) is 60.4 cm³/mol. The zero-order chi connectivity index (χ0) is 14.6. The number of aliphatic hydroxyl groups is 2. The van der Waals surface area contributed by atoms with Gasteiger partial charge in [0.1, 0.15) is 6.04 Å². The van der Waals surface area contributed by atoms with Gasteiger partial charge in [0.05, 0.1) is 25.3 Å². The van der Waals surface area contributed by atoms with Gasteiger partial charge in [0.15, 0.2) is 0 Å². The van der Waals surface area contributed by atoms with Crippen molar-refractivity contribution in [3.63, 3.8) is 0 Å². The molecule has 0 bridgehead atoms. The van der Waals surface area contributed by atoms with E-state index in [1.54, 1.807) is 0 Å². The molecule has 19 heavy (non-hydrogen) atoms. The second-order valence-corrected chi connectivity index (χ2v) is 4.31. The van der Waals surface area contributed by atoms with E-state index in [9.17, 15) is 24.6 Å². The summed E-state index contributed by atoms with van der Waals surface area (Å²) in [6, 6.07) is -2.08. The van der Waals surface area contributed by atoms with Gasteiger partial charge in [-0.1, -0.05) is 0 Å². The van der Waals surface area contributed by atoms with Crippen LogP contribution < -0.4 is 5.32 Å². The summed E-state index contributed by atoms with van der Waals surface area (Å²) in [5, 5.41) is 38.0. The summed E-state index contributed by atoms with van der Waals surface area (Å²) < 4.78 is 0. The maximum atomic E-state index is 11.7.